The van der Waals surface area contributed by atoms with E-state index in [4.69, 9.17) is 11.2 Å². The highest BCUT2D eigenvalue weighted by Gasteiger charge is 2.11. The summed E-state index contributed by atoms with van der Waals surface area (Å²) in [4.78, 5) is 0. The lowest BCUT2D eigenvalue weighted by Gasteiger charge is -2.13. The Labute approximate surface area is 128 Å². The molecule has 0 N–H and O–H groups in total. The Bertz CT molecular complexity index is 489. The van der Waals surface area contributed by atoms with E-state index >= 15 is 0 Å². The van der Waals surface area contributed by atoms with Crippen LogP contribution in [0.15, 0.2) is 48.5 Å². The molecule has 2 aromatic carbocycles. The van der Waals surface area contributed by atoms with Crippen molar-refractivity contribution in [2.45, 2.75) is 39.5 Å². The average molecular weight is 305 g/mol. The van der Waals surface area contributed by atoms with Crippen LogP contribution < -0.4 is 10.6 Å². The van der Waals surface area contributed by atoms with E-state index in [0.717, 1.165) is 0 Å². The zero-order chi connectivity index (χ0) is 14.7. The maximum absolute atomic E-state index is 6.66. The smallest absolute Gasteiger partial charge is 0.0524 e. The molecule has 2 aromatic rings. The molecular formula is C18H22ClP. The minimum absolute atomic E-state index is 0.566. The lowest BCUT2D eigenvalue weighted by molar-refractivity contribution is 0.867. The van der Waals surface area contributed by atoms with Gasteiger partial charge in [0.15, 0.2) is 0 Å². The molecule has 0 saturated carbocycles. The molecule has 0 radical (unpaired) electrons. The fraction of sp³-hybridized carbons (Fsp3) is 0.333. The Kier molecular flexibility index (Phi) is 5.24. The highest BCUT2D eigenvalue weighted by Crippen LogP contribution is 2.39. The Hall–Kier alpha value is -0.840. The van der Waals surface area contributed by atoms with E-state index in [0.29, 0.717) is 11.8 Å². The van der Waals surface area contributed by atoms with Crippen LogP contribution in [-0.2, 0) is 0 Å². The molecule has 0 unspecified atom stereocenters. The SMILES string of the molecule is CC(C)c1ccc(P(Cl)c2ccc(C(C)C)cc2)cc1. The van der Waals surface area contributed by atoms with Gasteiger partial charge in [-0.2, -0.15) is 0 Å². The minimum atomic E-state index is -0.762. The van der Waals surface area contributed by atoms with Crippen molar-refractivity contribution in [3.05, 3.63) is 59.7 Å². The molecule has 2 heteroatoms. The zero-order valence-corrected chi connectivity index (χ0v) is 14.2. The molecule has 0 atom stereocenters. The summed E-state index contributed by atoms with van der Waals surface area (Å²) in [6, 6.07) is 17.5. The molecule has 0 aromatic heterocycles. The van der Waals surface area contributed by atoms with Crippen molar-refractivity contribution in [2.24, 2.45) is 0 Å². The van der Waals surface area contributed by atoms with Crippen molar-refractivity contribution < 1.29 is 0 Å². The van der Waals surface area contributed by atoms with E-state index < -0.39 is 7.27 Å². The van der Waals surface area contributed by atoms with Crippen molar-refractivity contribution in [1.29, 1.82) is 0 Å². The third-order valence-corrected chi connectivity index (χ3v) is 6.25. The first-order valence-corrected chi connectivity index (χ1v) is 9.39. The van der Waals surface area contributed by atoms with Crippen molar-refractivity contribution >= 4 is 29.1 Å². The van der Waals surface area contributed by atoms with Crippen LogP contribution >= 0.6 is 18.5 Å². The lowest BCUT2D eigenvalue weighted by atomic mass is 10.0. The van der Waals surface area contributed by atoms with E-state index in [1.165, 1.54) is 21.7 Å². The van der Waals surface area contributed by atoms with Crippen LogP contribution in [-0.4, -0.2) is 0 Å². The first kappa shape index (κ1) is 15.5. The average Bonchev–Trinajstić information content (AvgIpc) is 2.46. The first-order chi connectivity index (χ1) is 9.49. The van der Waals surface area contributed by atoms with Crippen molar-refractivity contribution in [3.63, 3.8) is 0 Å². The Morgan fingerprint density at radius 3 is 1.20 bits per heavy atom. The summed E-state index contributed by atoms with van der Waals surface area (Å²) in [5.74, 6) is 1.13. The number of hydrogen-bond acceptors (Lipinski definition) is 0. The molecule has 0 heterocycles. The summed E-state index contributed by atoms with van der Waals surface area (Å²) >= 11 is 6.66. The fourth-order valence-corrected chi connectivity index (χ4v) is 3.93. The third kappa shape index (κ3) is 3.62. The van der Waals surface area contributed by atoms with Gasteiger partial charge in [0.25, 0.3) is 0 Å². The topological polar surface area (TPSA) is 0 Å². The Morgan fingerprint density at radius 2 is 0.950 bits per heavy atom. The fourth-order valence-electron chi connectivity index (χ4n) is 2.13. The van der Waals surface area contributed by atoms with Crippen molar-refractivity contribution in [2.75, 3.05) is 0 Å². The van der Waals surface area contributed by atoms with Crippen LogP contribution in [0.2, 0.25) is 0 Å². The Morgan fingerprint density at radius 1 is 0.650 bits per heavy atom. The van der Waals surface area contributed by atoms with Gasteiger partial charge in [0.05, 0.1) is 7.27 Å². The highest BCUT2D eigenvalue weighted by atomic mass is 35.7. The summed E-state index contributed by atoms with van der Waals surface area (Å²) in [5.41, 5.74) is 2.73. The van der Waals surface area contributed by atoms with Gasteiger partial charge in [-0.05, 0) is 33.6 Å². The molecular weight excluding hydrogens is 283 g/mol. The summed E-state index contributed by atoms with van der Waals surface area (Å²) < 4.78 is 0. The van der Waals surface area contributed by atoms with Gasteiger partial charge in [-0.25, -0.2) is 0 Å². The largest absolute Gasteiger partial charge is 0.0859 e. The van der Waals surface area contributed by atoms with Gasteiger partial charge in [0, 0.05) is 0 Å². The molecule has 2 rings (SSSR count). The Balaban J connectivity index is 2.19. The first-order valence-electron chi connectivity index (χ1n) is 7.15. The third-order valence-electron chi connectivity index (χ3n) is 3.57. The van der Waals surface area contributed by atoms with Crippen LogP contribution in [0, 0.1) is 0 Å². The van der Waals surface area contributed by atoms with Crippen molar-refractivity contribution in [3.8, 4) is 0 Å². The zero-order valence-electron chi connectivity index (χ0n) is 12.6. The van der Waals surface area contributed by atoms with Gasteiger partial charge in [0.2, 0.25) is 0 Å². The van der Waals surface area contributed by atoms with Gasteiger partial charge < -0.3 is 0 Å². The highest BCUT2D eigenvalue weighted by molar-refractivity contribution is 7.95. The second kappa shape index (κ2) is 6.74. The van der Waals surface area contributed by atoms with Crippen LogP contribution in [0.5, 0.6) is 0 Å². The quantitative estimate of drug-likeness (QED) is 0.652. The van der Waals surface area contributed by atoms with E-state index in [9.17, 15) is 0 Å². The van der Waals surface area contributed by atoms with Crippen LogP contribution in [0.25, 0.3) is 0 Å². The lowest BCUT2D eigenvalue weighted by Crippen LogP contribution is -2.08. The predicted molar refractivity (Wildman–Crippen MR) is 93.1 cm³/mol. The normalized spacial score (nSPS) is 11.6. The molecule has 106 valence electrons. The van der Waals surface area contributed by atoms with Crippen LogP contribution in [0.1, 0.15) is 50.7 Å². The van der Waals surface area contributed by atoms with Gasteiger partial charge in [-0.3, -0.25) is 0 Å². The molecule has 0 saturated heterocycles. The van der Waals surface area contributed by atoms with Gasteiger partial charge in [0.1, 0.15) is 0 Å². The summed E-state index contributed by atoms with van der Waals surface area (Å²) in [6.45, 7) is 8.85. The second-order valence-electron chi connectivity index (χ2n) is 5.77. The van der Waals surface area contributed by atoms with Crippen LogP contribution in [0.3, 0.4) is 0 Å². The van der Waals surface area contributed by atoms with E-state index in [1.54, 1.807) is 0 Å². The molecule has 0 aliphatic rings. The van der Waals surface area contributed by atoms with E-state index in [2.05, 4.69) is 76.2 Å². The van der Waals surface area contributed by atoms with Gasteiger partial charge in [-0.1, -0.05) is 87.5 Å². The molecule has 0 amide bonds. The van der Waals surface area contributed by atoms with Gasteiger partial charge >= 0.3 is 0 Å². The maximum Gasteiger partial charge on any atom is 0.0524 e. The van der Waals surface area contributed by atoms with Crippen LogP contribution in [0.4, 0.5) is 0 Å². The molecule has 20 heavy (non-hydrogen) atoms. The summed E-state index contributed by atoms with van der Waals surface area (Å²) in [7, 11) is -0.762. The standard InChI is InChI=1S/C18H22ClP/c1-13(2)15-5-9-17(10-6-15)20(19)18-11-7-16(8-12-18)14(3)4/h5-14H,1-4H3. The second-order valence-corrected chi connectivity index (χ2v) is 8.38. The predicted octanol–water partition coefficient (Wildman–Crippen LogP) is 5.52. The molecule has 0 bridgehead atoms. The maximum atomic E-state index is 6.66. The summed E-state index contributed by atoms with van der Waals surface area (Å²) in [5, 5.41) is 2.45. The van der Waals surface area contributed by atoms with E-state index in [1.807, 2.05) is 0 Å². The molecule has 0 aliphatic heterocycles. The minimum Gasteiger partial charge on any atom is -0.0859 e. The number of hydrogen-bond donors (Lipinski definition) is 0. The molecule has 0 spiro atoms. The molecule has 0 fully saturated rings. The van der Waals surface area contributed by atoms with E-state index in [-0.39, 0.29) is 0 Å². The molecule has 0 aliphatic carbocycles. The van der Waals surface area contributed by atoms with Gasteiger partial charge in [-0.15, -0.1) is 0 Å². The number of halogens is 1. The summed E-state index contributed by atoms with van der Waals surface area (Å²) in [6.07, 6.45) is 0. The van der Waals surface area contributed by atoms with Crippen molar-refractivity contribution in [1.82, 2.24) is 0 Å². The molecule has 0 nitrogen and oxygen atoms in total. The number of benzene rings is 2. The monoisotopic (exact) mass is 304 g/mol. The number of rotatable bonds is 4.